The van der Waals surface area contributed by atoms with Crippen molar-refractivity contribution < 1.29 is 27.1 Å². The third-order valence-corrected chi connectivity index (χ3v) is 5.33. The summed E-state index contributed by atoms with van der Waals surface area (Å²) in [5.41, 5.74) is -0.292. The van der Waals surface area contributed by atoms with Crippen LogP contribution in [0.4, 0.5) is 35.1 Å². The molecule has 0 aliphatic carbocycles. The Morgan fingerprint density at radius 1 is 1.11 bits per heavy atom. The van der Waals surface area contributed by atoms with E-state index in [1.54, 1.807) is 0 Å². The second-order valence-electron chi connectivity index (χ2n) is 8.28. The van der Waals surface area contributed by atoms with E-state index in [2.05, 4.69) is 25.5 Å². The molecule has 1 aliphatic rings. The molecule has 0 unspecified atom stereocenters. The quantitative estimate of drug-likeness (QED) is 0.408. The van der Waals surface area contributed by atoms with Crippen LogP contribution < -0.4 is 10.2 Å². The molecule has 1 N–H and O–H groups in total. The van der Waals surface area contributed by atoms with Gasteiger partial charge in [0.2, 0.25) is 5.95 Å². The SMILES string of the molecule is CC(=O)c1nnc(Nc2nc(N3C[C@@H](C)O[C@@H](C)C3)ncc2F)cc1-c1ccc(C(F)(F)F)cc1. The molecule has 2 atom stereocenters. The molecular formula is C23H22F4N6O2. The molecule has 184 valence electrons. The number of hydrogen-bond donors (Lipinski definition) is 1. The van der Waals surface area contributed by atoms with Gasteiger partial charge in [0.05, 0.1) is 24.0 Å². The van der Waals surface area contributed by atoms with Gasteiger partial charge in [0.25, 0.3) is 0 Å². The van der Waals surface area contributed by atoms with Crippen LogP contribution in [0.3, 0.4) is 0 Å². The number of rotatable bonds is 5. The molecule has 1 aromatic carbocycles. The van der Waals surface area contributed by atoms with Gasteiger partial charge in [0, 0.05) is 25.6 Å². The van der Waals surface area contributed by atoms with Gasteiger partial charge in [-0.3, -0.25) is 4.79 Å². The van der Waals surface area contributed by atoms with Crippen LogP contribution in [0.25, 0.3) is 11.1 Å². The monoisotopic (exact) mass is 490 g/mol. The average Bonchev–Trinajstić information content (AvgIpc) is 2.79. The lowest BCUT2D eigenvalue weighted by Crippen LogP contribution is -2.46. The molecule has 8 nitrogen and oxygen atoms in total. The Morgan fingerprint density at radius 2 is 1.77 bits per heavy atom. The first-order valence-corrected chi connectivity index (χ1v) is 10.8. The molecule has 0 saturated carbocycles. The number of Topliss-reactive ketones (excluding diaryl/α,β-unsaturated/α-hetero) is 1. The molecule has 35 heavy (non-hydrogen) atoms. The Labute approximate surface area is 198 Å². The number of nitrogens with zero attached hydrogens (tertiary/aromatic N) is 5. The van der Waals surface area contributed by atoms with Crippen LogP contribution in [0.1, 0.15) is 36.8 Å². The van der Waals surface area contributed by atoms with E-state index in [1.807, 2.05) is 18.7 Å². The molecule has 1 saturated heterocycles. The normalized spacial score (nSPS) is 18.4. The molecule has 0 bridgehead atoms. The molecule has 4 rings (SSSR count). The zero-order chi connectivity index (χ0) is 25.3. The zero-order valence-corrected chi connectivity index (χ0v) is 19.1. The number of carbonyl (C=O) groups is 1. The van der Waals surface area contributed by atoms with Crippen LogP contribution in [-0.4, -0.2) is 51.2 Å². The Bertz CT molecular complexity index is 1230. The minimum atomic E-state index is -4.50. The Balaban J connectivity index is 1.66. The Kier molecular flexibility index (Phi) is 6.66. The van der Waals surface area contributed by atoms with Gasteiger partial charge in [0.1, 0.15) is 5.69 Å². The molecule has 1 aliphatic heterocycles. The number of alkyl halides is 3. The number of benzene rings is 1. The van der Waals surface area contributed by atoms with E-state index < -0.39 is 23.3 Å². The minimum absolute atomic E-state index is 0.0320. The highest BCUT2D eigenvalue weighted by Gasteiger charge is 2.30. The van der Waals surface area contributed by atoms with E-state index >= 15 is 0 Å². The largest absolute Gasteiger partial charge is 0.416 e. The molecule has 0 amide bonds. The number of aromatic nitrogens is 4. The third kappa shape index (κ3) is 5.53. The number of ether oxygens (including phenoxy) is 1. The van der Waals surface area contributed by atoms with Crippen molar-refractivity contribution in [1.82, 2.24) is 20.2 Å². The number of morpholine rings is 1. The summed E-state index contributed by atoms with van der Waals surface area (Å²) in [6.07, 6.45) is -3.58. The van der Waals surface area contributed by atoms with Gasteiger partial charge >= 0.3 is 6.18 Å². The van der Waals surface area contributed by atoms with Gasteiger partial charge in [-0.05, 0) is 37.6 Å². The van der Waals surface area contributed by atoms with Crippen molar-refractivity contribution in [1.29, 1.82) is 0 Å². The lowest BCUT2D eigenvalue weighted by atomic mass is 10.0. The van der Waals surface area contributed by atoms with Crippen LogP contribution in [0.2, 0.25) is 0 Å². The standard InChI is InChI=1S/C23H22F4N6O2/c1-12-10-33(11-13(2)35-12)22-28-9-18(24)21(30-22)29-19-8-17(20(14(3)34)32-31-19)15-4-6-16(7-5-15)23(25,26)27/h4-9,12-13H,10-11H2,1-3H3,(H,28,29,30,31)/t12-,13+. The number of halogens is 4. The zero-order valence-electron chi connectivity index (χ0n) is 19.1. The molecule has 3 aromatic rings. The molecule has 3 heterocycles. The molecule has 0 radical (unpaired) electrons. The Hall–Kier alpha value is -3.67. The van der Waals surface area contributed by atoms with Crippen molar-refractivity contribution in [3.63, 3.8) is 0 Å². The minimum Gasteiger partial charge on any atom is -0.372 e. The van der Waals surface area contributed by atoms with Gasteiger partial charge in [-0.15, -0.1) is 10.2 Å². The molecule has 12 heteroatoms. The second kappa shape index (κ2) is 9.53. The van der Waals surface area contributed by atoms with Gasteiger partial charge in [-0.2, -0.15) is 18.2 Å². The second-order valence-corrected chi connectivity index (χ2v) is 8.28. The predicted molar refractivity (Wildman–Crippen MR) is 120 cm³/mol. The highest BCUT2D eigenvalue weighted by atomic mass is 19.4. The summed E-state index contributed by atoms with van der Waals surface area (Å²) in [5.74, 6) is -0.976. The van der Waals surface area contributed by atoms with Gasteiger partial charge in [-0.1, -0.05) is 12.1 Å². The summed E-state index contributed by atoms with van der Waals surface area (Å²) < 4.78 is 59.0. The van der Waals surface area contributed by atoms with E-state index in [0.29, 0.717) is 24.6 Å². The van der Waals surface area contributed by atoms with Gasteiger partial charge < -0.3 is 15.0 Å². The number of hydrogen-bond acceptors (Lipinski definition) is 8. The molecule has 0 spiro atoms. The van der Waals surface area contributed by atoms with Crippen molar-refractivity contribution in [2.75, 3.05) is 23.3 Å². The number of carbonyl (C=O) groups excluding carboxylic acids is 1. The van der Waals surface area contributed by atoms with Crippen LogP contribution >= 0.6 is 0 Å². The van der Waals surface area contributed by atoms with Crippen molar-refractivity contribution in [2.24, 2.45) is 0 Å². The average molecular weight is 490 g/mol. The maximum atomic E-state index is 14.5. The van der Waals surface area contributed by atoms with Crippen LogP contribution in [0.5, 0.6) is 0 Å². The fraction of sp³-hybridized carbons (Fsp3) is 0.348. The van der Waals surface area contributed by atoms with E-state index in [1.165, 1.54) is 25.1 Å². The first kappa shape index (κ1) is 24.5. The first-order valence-electron chi connectivity index (χ1n) is 10.8. The van der Waals surface area contributed by atoms with Crippen LogP contribution in [-0.2, 0) is 10.9 Å². The van der Waals surface area contributed by atoms with Crippen molar-refractivity contribution >= 4 is 23.4 Å². The smallest absolute Gasteiger partial charge is 0.372 e. The number of nitrogens with one attached hydrogen (secondary N) is 1. The van der Waals surface area contributed by atoms with Crippen molar-refractivity contribution in [2.45, 2.75) is 39.2 Å². The summed E-state index contributed by atoms with van der Waals surface area (Å²) in [5, 5.41) is 10.6. The topological polar surface area (TPSA) is 93.1 Å². The van der Waals surface area contributed by atoms with Gasteiger partial charge in [-0.25, -0.2) is 9.37 Å². The van der Waals surface area contributed by atoms with Crippen LogP contribution in [0, 0.1) is 5.82 Å². The van der Waals surface area contributed by atoms with Crippen LogP contribution in [0.15, 0.2) is 36.5 Å². The first-order chi connectivity index (χ1) is 16.5. The lowest BCUT2D eigenvalue weighted by molar-refractivity contribution is -0.137. The number of anilines is 3. The fourth-order valence-electron chi connectivity index (χ4n) is 3.83. The lowest BCUT2D eigenvalue weighted by Gasteiger charge is -2.35. The molecule has 2 aromatic heterocycles. The predicted octanol–water partition coefficient (Wildman–Crippen LogP) is 4.65. The van der Waals surface area contributed by atoms with Crippen molar-refractivity contribution in [3.05, 3.63) is 53.6 Å². The Morgan fingerprint density at radius 3 is 2.37 bits per heavy atom. The summed E-state index contributed by atoms with van der Waals surface area (Å²) in [6, 6.07) is 5.70. The number of ketones is 1. The summed E-state index contributed by atoms with van der Waals surface area (Å²) in [4.78, 5) is 22.3. The summed E-state index contributed by atoms with van der Waals surface area (Å²) in [6.45, 7) is 6.16. The van der Waals surface area contributed by atoms with E-state index in [0.717, 1.165) is 18.3 Å². The van der Waals surface area contributed by atoms with E-state index in [-0.39, 0.29) is 35.1 Å². The summed E-state index contributed by atoms with van der Waals surface area (Å²) in [7, 11) is 0. The maximum absolute atomic E-state index is 14.5. The highest BCUT2D eigenvalue weighted by molar-refractivity contribution is 5.99. The van der Waals surface area contributed by atoms with E-state index in [9.17, 15) is 22.4 Å². The maximum Gasteiger partial charge on any atom is 0.416 e. The molecule has 1 fully saturated rings. The molecular weight excluding hydrogens is 468 g/mol. The summed E-state index contributed by atoms with van der Waals surface area (Å²) >= 11 is 0. The van der Waals surface area contributed by atoms with Crippen molar-refractivity contribution in [3.8, 4) is 11.1 Å². The third-order valence-electron chi connectivity index (χ3n) is 5.33. The van der Waals surface area contributed by atoms with Gasteiger partial charge in [0.15, 0.2) is 23.2 Å². The fourth-order valence-corrected chi connectivity index (χ4v) is 3.83. The highest BCUT2D eigenvalue weighted by Crippen LogP contribution is 2.32. The van der Waals surface area contributed by atoms with E-state index in [4.69, 9.17) is 4.74 Å².